The molecule has 2 aliphatic rings. The molecule has 0 aromatic heterocycles. The molecule has 0 saturated carbocycles. The zero-order valence-corrected chi connectivity index (χ0v) is 22.6. The fraction of sp³-hybridized carbons (Fsp3) is 0.379. The smallest absolute Gasteiger partial charge is 0.408 e. The molecule has 1 aliphatic carbocycles. The number of quaternary nitrogens is 1. The molecule has 3 N–H and O–H groups in total. The van der Waals surface area contributed by atoms with Crippen LogP contribution in [0, 0.1) is 6.92 Å². The van der Waals surface area contributed by atoms with E-state index in [0.717, 1.165) is 38.6 Å². The molecule has 1 heterocycles. The summed E-state index contributed by atoms with van der Waals surface area (Å²) in [6.45, 7) is 10.7. The Balaban J connectivity index is 1.44. The van der Waals surface area contributed by atoms with E-state index >= 15 is 0 Å². The lowest BCUT2D eigenvalue weighted by Crippen LogP contribution is -2.78. The Labute approximate surface area is 221 Å². The third kappa shape index (κ3) is 6.66. The van der Waals surface area contributed by atoms with Crippen molar-refractivity contribution < 1.29 is 28.8 Å². The van der Waals surface area contributed by atoms with Gasteiger partial charge in [-0.25, -0.2) is 9.78 Å². The maximum Gasteiger partial charge on any atom is 0.408 e. The van der Waals surface area contributed by atoms with Gasteiger partial charge in [0.1, 0.15) is 29.0 Å². The number of alkyl carbamates (subject to hydrolysis) is 1. The van der Waals surface area contributed by atoms with Crippen LogP contribution in [0.15, 0.2) is 51.9 Å². The number of nitrogens with zero attached hydrogens (tertiary/aromatic N) is 2. The number of carbonyl (C=O) groups excluding carboxylic acids is 2. The summed E-state index contributed by atoms with van der Waals surface area (Å²) >= 11 is 0. The van der Waals surface area contributed by atoms with Crippen molar-refractivity contribution in [2.45, 2.75) is 46.6 Å². The van der Waals surface area contributed by atoms with Crippen molar-refractivity contribution in [3.05, 3.63) is 53.4 Å². The van der Waals surface area contributed by atoms with E-state index in [1.807, 2.05) is 44.2 Å². The van der Waals surface area contributed by atoms with Crippen molar-refractivity contribution in [2.75, 3.05) is 26.2 Å². The molecule has 0 fully saturated rings. The Morgan fingerprint density at radius 3 is 2.63 bits per heavy atom. The lowest BCUT2D eigenvalue weighted by atomic mass is 10.1. The average molecular weight is 520 g/mol. The predicted octanol–water partition coefficient (Wildman–Crippen LogP) is 3.97. The lowest BCUT2D eigenvalue weighted by molar-refractivity contribution is -0.570. The number of nitrogens with one attached hydrogen (secondary N) is 1. The predicted molar refractivity (Wildman–Crippen MR) is 145 cm³/mol. The van der Waals surface area contributed by atoms with E-state index in [1.54, 1.807) is 20.8 Å². The third-order valence-electron chi connectivity index (χ3n) is 5.82. The number of aromatic nitrogens is 1. The van der Waals surface area contributed by atoms with Crippen LogP contribution in [-0.2, 0) is 14.3 Å². The first-order chi connectivity index (χ1) is 18.1. The van der Waals surface area contributed by atoms with Crippen molar-refractivity contribution in [1.82, 2.24) is 10.3 Å². The molecule has 9 heteroatoms. The van der Waals surface area contributed by atoms with Crippen molar-refractivity contribution >= 4 is 39.6 Å². The highest BCUT2D eigenvalue weighted by atomic mass is 16.6. The summed E-state index contributed by atoms with van der Waals surface area (Å²) in [5.74, 6) is 0.191. The minimum absolute atomic E-state index is 0.233. The molecule has 200 valence electrons. The van der Waals surface area contributed by atoms with Gasteiger partial charge in [-0.3, -0.25) is 9.79 Å². The van der Waals surface area contributed by atoms with Crippen LogP contribution >= 0.6 is 0 Å². The Kier molecular flexibility index (Phi) is 8.26. The van der Waals surface area contributed by atoms with Gasteiger partial charge in [-0.1, -0.05) is 18.2 Å². The van der Waals surface area contributed by atoms with E-state index in [9.17, 15) is 9.59 Å². The first-order valence-electron chi connectivity index (χ1n) is 12.9. The fourth-order valence-electron chi connectivity index (χ4n) is 4.17. The Morgan fingerprint density at radius 2 is 1.89 bits per heavy atom. The first-order valence-corrected chi connectivity index (χ1v) is 12.9. The SMILES string of the molecule is CCN=c1cc2oc3cc([NH2+]CCCOC(=O)CNC(=O)OC(C)(C)C)c4ccccc4c3nc-2cc1C. The minimum atomic E-state index is -0.648. The van der Waals surface area contributed by atoms with Gasteiger partial charge in [0, 0.05) is 35.9 Å². The van der Waals surface area contributed by atoms with Gasteiger partial charge in [-0.05, 0) is 52.3 Å². The maximum absolute atomic E-state index is 11.9. The number of ether oxygens (including phenoxy) is 2. The van der Waals surface area contributed by atoms with E-state index in [2.05, 4.69) is 27.8 Å². The molecule has 2 aromatic rings. The number of amides is 1. The second-order valence-corrected chi connectivity index (χ2v) is 10.1. The van der Waals surface area contributed by atoms with Gasteiger partial charge in [0.2, 0.25) is 0 Å². The van der Waals surface area contributed by atoms with Crippen LogP contribution in [0.2, 0.25) is 0 Å². The summed E-state index contributed by atoms with van der Waals surface area (Å²) in [4.78, 5) is 33.1. The van der Waals surface area contributed by atoms with E-state index in [0.29, 0.717) is 30.9 Å². The van der Waals surface area contributed by atoms with Gasteiger partial charge in [0.15, 0.2) is 11.3 Å². The van der Waals surface area contributed by atoms with Crippen LogP contribution in [-0.4, -0.2) is 48.9 Å². The number of nitrogens with two attached hydrogens (primary N) is 1. The van der Waals surface area contributed by atoms with Gasteiger partial charge in [0.25, 0.3) is 0 Å². The molecule has 0 saturated heterocycles. The van der Waals surface area contributed by atoms with Crippen LogP contribution in [0.1, 0.15) is 39.7 Å². The van der Waals surface area contributed by atoms with E-state index in [1.165, 1.54) is 0 Å². The molecule has 2 aromatic carbocycles. The highest BCUT2D eigenvalue weighted by molar-refractivity contribution is 6.08. The number of carbonyl (C=O) groups is 2. The highest BCUT2D eigenvalue weighted by Crippen LogP contribution is 2.32. The molecule has 0 radical (unpaired) electrons. The quantitative estimate of drug-likeness (QED) is 0.120. The van der Waals surface area contributed by atoms with Crippen LogP contribution in [0.3, 0.4) is 0 Å². The van der Waals surface area contributed by atoms with Gasteiger partial charge in [-0.2, -0.15) is 0 Å². The summed E-state index contributed by atoms with van der Waals surface area (Å²) in [6.07, 6.45) is -0.0107. The molecule has 9 nitrogen and oxygen atoms in total. The zero-order valence-electron chi connectivity index (χ0n) is 22.6. The van der Waals surface area contributed by atoms with Gasteiger partial charge < -0.3 is 24.5 Å². The molecular weight excluding hydrogens is 484 g/mol. The zero-order chi connectivity index (χ0) is 27.3. The van der Waals surface area contributed by atoms with Crippen LogP contribution in [0.4, 0.5) is 10.5 Å². The number of hydrogen-bond donors (Lipinski definition) is 2. The molecule has 0 atom stereocenters. The summed E-state index contributed by atoms with van der Waals surface area (Å²) < 4.78 is 16.7. The van der Waals surface area contributed by atoms with E-state index in [-0.39, 0.29) is 13.2 Å². The van der Waals surface area contributed by atoms with Crippen molar-refractivity contribution in [3.8, 4) is 11.5 Å². The number of aryl methyl sites for hydroxylation is 1. The molecule has 0 unspecified atom stereocenters. The van der Waals surface area contributed by atoms with Gasteiger partial charge >= 0.3 is 12.1 Å². The Bertz CT molecular complexity index is 1500. The topological polar surface area (TPSA) is 120 Å². The summed E-state index contributed by atoms with van der Waals surface area (Å²) in [7, 11) is 0. The highest BCUT2D eigenvalue weighted by Gasteiger charge is 2.18. The van der Waals surface area contributed by atoms with Crippen molar-refractivity contribution in [1.29, 1.82) is 0 Å². The summed E-state index contributed by atoms with van der Waals surface area (Å²) in [5, 5.41) is 7.52. The van der Waals surface area contributed by atoms with Crippen molar-refractivity contribution in [2.24, 2.45) is 4.99 Å². The second kappa shape index (κ2) is 11.6. The Hall–Kier alpha value is -3.98. The first kappa shape index (κ1) is 27.1. The monoisotopic (exact) mass is 519 g/mol. The Morgan fingerprint density at radius 1 is 1.13 bits per heavy atom. The normalized spacial score (nSPS) is 12.3. The van der Waals surface area contributed by atoms with E-state index < -0.39 is 17.7 Å². The third-order valence-corrected chi connectivity index (χ3v) is 5.82. The summed E-state index contributed by atoms with van der Waals surface area (Å²) in [6, 6.07) is 14.1. The number of rotatable bonds is 8. The standard InChI is InChI=1S/C29H34N4O5/c1-6-30-21-15-24-23(14-18(21)2)33-27-20-11-8-7-10-19(20)22(16-25(27)37-24)31-12-9-13-36-26(34)17-32-28(35)38-29(3,4)5/h7-8,10-11,14-16,31H,6,9,12-13,17H2,1-5H3,(H,32,35)/p+1. The maximum atomic E-state index is 11.9. The molecule has 1 aliphatic heterocycles. The molecule has 0 bridgehead atoms. The minimum Gasteiger partial charge on any atom is -0.464 e. The van der Waals surface area contributed by atoms with Gasteiger partial charge in [-0.15, -0.1) is 0 Å². The number of hydrogen-bond acceptors (Lipinski definition) is 7. The van der Waals surface area contributed by atoms with Crippen LogP contribution in [0.25, 0.3) is 33.3 Å². The van der Waals surface area contributed by atoms with E-state index in [4.69, 9.17) is 18.9 Å². The molecular formula is C29H35N4O5+. The van der Waals surface area contributed by atoms with Crippen molar-refractivity contribution in [3.63, 3.8) is 0 Å². The molecule has 0 spiro atoms. The number of benzene rings is 3. The number of fused-ring (bicyclic) bond motifs is 4. The largest absolute Gasteiger partial charge is 0.464 e. The lowest BCUT2D eigenvalue weighted by Gasteiger charge is -2.19. The average Bonchev–Trinajstić information content (AvgIpc) is 2.86. The number of esters is 1. The molecule has 4 rings (SSSR count). The van der Waals surface area contributed by atoms with Gasteiger partial charge in [0.05, 0.1) is 18.5 Å². The second-order valence-electron chi connectivity index (χ2n) is 10.1. The molecule has 1 amide bonds. The molecule has 38 heavy (non-hydrogen) atoms. The fourth-order valence-corrected chi connectivity index (χ4v) is 4.17. The van der Waals surface area contributed by atoms with Crippen LogP contribution in [0.5, 0.6) is 0 Å². The summed E-state index contributed by atoms with van der Waals surface area (Å²) in [5.41, 5.74) is 3.79. The van der Waals surface area contributed by atoms with Crippen LogP contribution < -0.4 is 16.0 Å².